The molecule has 1 saturated carbocycles. The molecule has 2 aliphatic heterocycles. The van der Waals surface area contributed by atoms with Crippen LogP contribution in [0.1, 0.15) is 57.8 Å². The number of nitrogens with zero attached hydrogens (tertiary/aromatic N) is 1. The Morgan fingerprint density at radius 2 is 1.90 bits per heavy atom. The van der Waals surface area contributed by atoms with Crippen LogP contribution in [0.25, 0.3) is 0 Å². The summed E-state index contributed by atoms with van der Waals surface area (Å²) in [6, 6.07) is 0.220. The molecule has 0 radical (unpaired) electrons. The van der Waals surface area contributed by atoms with Gasteiger partial charge in [-0.05, 0) is 44.3 Å². The molecule has 3 aliphatic rings. The van der Waals surface area contributed by atoms with Gasteiger partial charge in [0.05, 0.1) is 5.25 Å². The van der Waals surface area contributed by atoms with Crippen molar-refractivity contribution in [3.05, 3.63) is 0 Å². The number of Topliss-reactive ketones (excluding diaryl/α,β-unsaturated/α-hetero) is 1. The van der Waals surface area contributed by atoms with Crippen LogP contribution in [0.3, 0.4) is 0 Å². The first-order chi connectivity index (χ1) is 9.77. The van der Waals surface area contributed by atoms with Crippen molar-refractivity contribution < 1.29 is 9.59 Å². The summed E-state index contributed by atoms with van der Waals surface area (Å²) < 4.78 is 0. The van der Waals surface area contributed by atoms with E-state index in [1.165, 1.54) is 12.8 Å². The molecule has 1 amide bonds. The van der Waals surface area contributed by atoms with Crippen molar-refractivity contribution in [1.29, 1.82) is 0 Å². The van der Waals surface area contributed by atoms with Gasteiger partial charge >= 0.3 is 0 Å². The fraction of sp³-hybridized carbons (Fsp3) is 0.875. The third-order valence-corrected chi connectivity index (χ3v) is 6.47. The maximum atomic E-state index is 12.8. The van der Waals surface area contributed by atoms with Gasteiger partial charge in [-0.25, -0.2) is 0 Å². The number of amides is 1. The second-order valence-electron chi connectivity index (χ2n) is 6.42. The highest BCUT2D eigenvalue weighted by atomic mass is 32.2. The zero-order valence-electron chi connectivity index (χ0n) is 12.2. The predicted octanol–water partition coefficient (Wildman–Crippen LogP) is 3.02. The number of hydrogen-bond donors (Lipinski definition) is 0. The third-order valence-electron chi connectivity index (χ3n) is 5.10. The van der Waals surface area contributed by atoms with Crippen molar-refractivity contribution in [3.8, 4) is 0 Å². The Hall–Kier alpha value is -0.510. The van der Waals surface area contributed by atoms with Gasteiger partial charge in [0.1, 0.15) is 5.78 Å². The van der Waals surface area contributed by atoms with Gasteiger partial charge < -0.3 is 4.90 Å². The smallest absolute Gasteiger partial charge is 0.235 e. The molecule has 2 heterocycles. The van der Waals surface area contributed by atoms with E-state index in [-0.39, 0.29) is 17.2 Å². The fourth-order valence-corrected chi connectivity index (χ4v) is 5.29. The van der Waals surface area contributed by atoms with Gasteiger partial charge in [-0.1, -0.05) is 12.8 Å². The van der Waals surface area contributed by atoms with Gasteiger partial charge in [-0.15, -0.1) is 11.8 Å². The van der Waals surface area contributed by atoms with Crippen molar-refractivity contribution in [2.45, 2.75) is 69.1 Å². The average Bonchev–Trinajstić information content (AvgIpc) is 2.97. The van der Waals surface area contributed by atoms with Gasteiger partial charge in [0.25, 0.3) is 0 Å². The predicted molar refractivity (Wildman–Crippen MR) is 81.8 cm³/mol. The maximum Gasteiger partial charge on any atom is 0.235 e. The number of likely N-dealkylation sites (tertiary alicyclic amines) is 1. The molecule has 20 heavy (non-hydrogen) atoms. The Balaban J connectivity index is 1.68. The molecule has 3 rings (SSSR count). The Morgan fingerprint density at radius 3 is 2.65 bits per heavy atom. The molecule has 112 valence electrons. The summed E-state index contributed by atoms with van der Waals surface area (Å²) in [7, 11) is 0. The number of carbonyl (C=O) groups is 2. The number of hydrogen-bond acceptors (Lipinski definition) is 3. The van der Waals surface area contributed by atoms with Crippen LogP contribution in [0.15, 0.2) is 0 Å². The molecule has 0 spiro atoms. The summed E-state index contributed by atoms with van der Waals surface area (Å²) in [5.74, 6) is 2.01. The maximum absolute atomic E-state index is 12.8. The molecule has 3 nitrogen and oxygen atoms in total. The van der Waals surface area contributed by atoms with Crippen LogP contribution >= 0.6 is 11.8 Å². The lowest BCUT2D eigenvalue weighted by Gasteiger charge is -2.35. The summed E-state index contributed by atoms with van der Waals surface area (Å²) in [4.78, 5) is 27.0. The first kappa shape index (κ1) is 14.4. The van der Waals surface area contributed by atoms with Crippen molar-refractivity contribution in [3.63, 3.8) is 0 Å². The summed E-state index contributed by atoms with van der Waals surface area (Å²) >= 11 is 1.83. The lowest BCUT2D eigenvalue weighted by atomic mass is 9.81. The van der Waals surface area contributed by atoms with E-state index in [9.17, 15) is 9.59 Å². The van der Waals surface area contributed by atoms with E-state index in [2.05, 4.69) is 4.90 Å². The molecule has 3 atom stereocenters. The van der Waals surface area contributed by atoms with Crippen LogP contribution < -0.4 is 0 Å². The third kappa shape index (κ3) is 2.90. The largest absolute Gasteiger partial charge is 0.338 e. The van der Waals surface area contributed by atoms with Gasteiger partial charge in [0.15, 0.2) is 0 Å². The van der Waals surface area contributed by atoms with E-state index in [4.69, 9.17) is 0 Å². The van der Waals surface area contributed by atoms with E-state index >= 15 is 0 Å². The van der Waals surface area contributed by atoms with Crippen molar-refractivity contribution in [2.24, 2.45) is 5.92 Å². The van der Waals surface area contributed by atoms with Crippen LogP contribution in [0.5, 0.6) is 0 Å². The van der Waals surface area contributed by atoms with Gasteiger partial charge in [0, 0.05) is 24.9 Å². The zero-order valence-corrected chi connectivity index (χ0v) is 13.0. The second-order valence-corrected chi connectivity index (χ2v) is 7.73. The Bertz CT molecular complexity index is 379. The lowest BCUT2D eigenvalue weighted by Crippen LogP contribution is -2.47. The highest BCUT2D eigenvalue weighted by Crippen LogP contribution is 2.35. The van der Waals surface area contributed by atoms with E-state index in [0.29, 0.717) is 11.7 Å². The molecule has 0 aromatic heterocycles. The zero-order chi connectivity index (χ0) is 13.9. The number of carbonyl (C=O) groups excluding carboxylic acids is 2. The van der Waals surface area contributed by atoms with Crippen LogP contribution in [0.2, 0.25) is 0 Å². The molecule has 0 bridgehead atoms. The monoisotopic (exact) mass is 295 g/mol. The average molecular weight is 295 g/mol. The molecule has 3 fully saturated rings. The Morgan fingerprint density at radius 1 is 1.05 bits per heavy atom. The minimum absolute atomic E-state index is 0.142. The van der Waals surface area contributed by atoms with Crippen molar-refractivity contribution in [1.82, 2.24) is 4.90 Å². The molecule has 3 unspecified atom stereocenters. The highest BCUT2D eigenvalue weighted by Gasteiger charge is 2.40. The summed E-state index contributed by atoms with van der Waals surface area (Å²) in [5.41, 5.74) is 0. The molecule has 0 aromatic rings. The Kier molecular flexibility index (Phi) is 4.69. The van der Waals surface area contributed by atoms with E-state index in [0.717, 1.165) is 57.2 Å². The van der Waals surface area contributed by atoms with E-state index in [1.54, 1.807) is 0 Å². The SMILES string of the molecule is O=C1CCCCC1C1CCCN1C(=O)C1CCCCS1. The first-order valence-corrected chi connectivity index (χ1v) is 9.27. The topological polar surface area (TPSA) is 37.4 Å². The van der Waals surface area contributed by atoms with Crippen LogP contribution in [-0.4, -0.2) is 40.2 Å². The normalized spacial score (nSPS) is 35.3. The number of thioether (sulfide) groups is 1. The van der Waals surface area contributed by atoms with Gasteiger partial charge in [0.2, 0.25) is 5.91 Å². The molecular weight excluding hydrogens is 270 g/mol. The van der Waals surface area contributed by atoms with Gasteiger partial charge in [-0.2, -0.15) is 0 Å². The summed E-state index contributed by atoms with van der Waals surface area (Å²) in [6.45, 7) is 0.879. The second kappa shape index (κ2) is 6.50. The molecule has 0 N–H and O–H groups in total. The summed E-state index contributed by atoms with van der Waals surface area (Å²) in [5, 5.41) is 0.169. The quantitative estimate of drug-likeness (QED) is 0.786. The minimum Gasteiger partial charge on any atom is -0.338 e. The highest BCUT2D eigenvalue weighted by molar-refractivity contribution is 8.00. The van der Waals surface area contributed by atoms with E-state index < -0.39 is 0 Å². The lowest BCUT2D eigenvalue weighted by molar-refractivity contribution is -0.135. The van der Waals surface area contributed by atoms with Crippen molar-refractivity contribution >= 4 is 23.5 Å². The molecule has 2 saturated heterocycles. The molecule has 1 aliphatic carbocycles. The van der Waals surface area contributed by atoms with E-state index in [1.807, 2.05) is 11.8 Å². The molecule has 0 aromatic carbocycles. The van der Waals surface area contributed by atoms with Crippen LogP contribution in [-0.2, 0) is 9.59 Å². The number of rotatable bonds is 2. The standard InChI is InChI=1S/C16H25NO2S/c18-14-8-2-1-6-12(14)13-7-5-10-17(13)16(19)15-9-3-4-11-20-15/h12-13,15H,1-11H2. The first-order valence-electron chi connectivity index (χ1n) is 8.22. The fourth-order valence-electron chi connectivity index (χ4n) is 4.02. The Labute approximate surface area is 125 Å². The molecule has 4 heteroatoms. The minimum atomic E-state index is 0.142. The summed E-state index contributed by atoms with van der Waals surface area (Å²) in [6.07, 6.45) is 9.54. The molecular formula is C16H25NO2S. The van der Waals surface area contributed by atoms with Gasteiger partial charge in [-0.3, -0.25) is 9.59 Å². The van der Waals surface area contributed by atoms with Crippen LogP contribution in [0.4, 0.5) is 0 Å². The van der Waals surface area contributed by atoms with Crippen LogP contribution in [0, 0.1) is 5.92 Å². The van der Waals surface area contributed by atoms with Crippen molar-refractivity contribution in [2.75, 3.05) is 12.3 Å². The number of ketones is 1.